The van der Waals surface area contributed by atoms with Crippen LogP contribution in [0.1, 0.15) is 16.8 Å². The summed E-state index contributed by atoms with van der Waals surface area (Å²) in [5.41, 5.74) is 1.74. The maximum Gasteiger partial charge on any atom is 0.253 e. The summed E-state index contributed by atoms with van der Waals surface area (Å²) < 4.78 is 5.31. The fraction of sp³-hybridized carbons (Fsp3) is 0.286. The number of hydrogen-bond acceptors (Lipinski definition) is 3. The maximum atomic E-state index is 11.7. The Balaban J connectivity index is 1.77. The number of rotatable bonds is 4. The molecule has 0 saturated heterocycles. The van der Waals surface area contributed by atoms with Crippen LogP contribution < -0.4 is 5.32 Å². The van der Waals surface area contributed by atoms with Gasteiger partial charge in [0.25, 0.3) is 5.91 Å². The first kappa shape index (κ1) is 12.5. The number of pyridine rings is 1. The van der Waals surface area contributed by atoms with E-state index in [4.69, 9.17) is 4.74 Å². The molecule has 1 aromatic rings. The molecule has 0 bridgehead atoms. The summed E-state index contributed by atoms with van der Waals surface area (Å²) in [5, 5.41) is 2.80. The summed E-state index contributed by atoms with van der Waals surface area (Å²) in [6.07, 6.45) is 10.2. The number of nitrogens with zero attached hydrogens (tertiary/aromatic N) is 1. The molecule has 1 amide bonds. The molecule has 0 aliphatic carbocycles. The van der Waals surface area contributed by atoms with Crippen molar-refractivity contribution < 1.29 is 9.53 Å². The van der Waals surface area contributed by atoms with Gasteiger partial charge in [0.1, 0.15) is 0 Å². The second-order valence-electron chi connectivity index (χ2n) is 3.97. The number of aromatic nitrogens is 1. The first-order valence-electron chi connectivity index (χ1n) is 5.98. The number of nitrogens with one attached hydrogen (secondary N) is 1. The molecular weight excluding hydrogens is 228 g/mol. The zero-order valence-electron chi connectivity index (χ0n) is 10.1. The second-order valence-corrected chi connectivity index (χ2v) is 3.97. The Labute approximate surface area is 106 Å². The largest absolute Gasteiger partial charge is 0.376 e. The van der Waals surface area contributed by atoms with Gasteiger partial charge in [0.05, 0.1) is 18.8 Å². The van der Waals surface area contributed by atoms with E-state index >= 15 is 0 Å². The van der Waals surface area contributed by atoms with Gasteiger partial charge in [-0.05, 0) is 24.1 Å². The Morgan fingerprint density at radius 3 is 3.22 bits per heavy atom. The third kappa shape index (κ3) is 3.82. The molecule has 2 rings (SSSR count). The van der Waals surface area contributed by atoms with Gasteiger partial charge in [-0.1, -0.05) is 18.2 Å². The Kier molecular flexibility index (Phi) is 4.67. The van der Waals surface area contributed by atoms with Gasteiger partial charge in [0.2, 0.25) is 0 Å². The summed E-state index contributed by atoms with van der Waals surface area (Å²) in [7, 11) is 0. The fourth-order valence-electron chi connectivity index (χ4n) is 1.65. The smallest absolute Gasteiger partial charge is 0.253 e. The third-order valence-corrected chi connectivity index (χ3v) is 2.57. The van der Waals surface area contributed by atoms with Gasteiger partial charge >= 0.3 is 0 Å². The molecule has 0 spiro atoms. The van der Waals surface area contributed by atoms with E-state index in [-0.39, 0.29) is 5.91 Å². The molecule has 1 aromatic heterocycles. The van der Waals surface area contributed by atoms with E-state index in [9.17, 15) is 4.79 Å². The molecule has 4 heteroatoms. The lowest BCUT2D eigenvalue weighted by molar-refractivity contribution is 0.0957. The molecule has 0 fully saturated rings. The summed E-state index contributed by atoms with van der Waals surface area (Å²) >= 11 is 0. The van der Waals surface area contributed by atoms with Crippen molar-refractivity contribution in [2.45, 2.75) is 6.42 Å². The highest BCUT2D eigenvalue weighted by Gasteiger charge is 2.02. The van der Waals surface area contributed by atoms with E-state index in [1.807, 2.05) is 12.2 Å². The molecule has 2 heterocycles. The highest BCUT2D eigenvalue weighted by atomic mass is 16.5. The minimum Gasteiger partial charge on any atom is -0.376 e. The second kappa shape index (κ2) is 6.71. The normalized spacial score (nSPS) is 15.4. The first-order valence-corrected chi connectivity index (χ1v) is 5.98. The van der Waals surface area contributed by atoms with Crippen molar-refractivity contribution in [1.82, 2.24) is 10.3 Å². The predicted molar refractivity (Wildman–Crippen MR) is 69.2 cm³/mol. The summed E-state index contributed by atoms with van der Waals surface area (Å²) in [6, 6.07) is 3.48. The lowest BCUT2D eigenvalue weighted by Crippen LogP contribution is -2.23. The van der Waals surface area contributed by atoms with Gasteiger partial charge in [-0.25, -0.2) is 0 Å². The molecule has 18 heavy (non-hydrogen) atoms. The zero-order valence-corrected chi connectivity index (χ0v) is 10.1. The molecule has 0 radical (unpaired) electrons. The van der Waals surface area contributed by atoms with Crippen molar-refractivity contribution in [3.63, 3.8) is 0 Å². The minimum atomic E-state index is -0.110. The van der Waals surface area contributed by atoms with Crippen LogP contribution in [0.2, 0.25) is 0 Å². The van der Waals surface area contributed by atoms with Crippen LogP contribution in [0.4, 0.5) is 0 Å². The van der Waals surface area contributed by atoms with E-state index < -0.39 is 0 Å². The van der Waals surface area contributed by atoms with Crippen molar-refractivity contribution in [2.75, 3.05) is 19.8 Å². The molecular formula is C14H16N2O2. The highest BCUT2D eigenvalue weighted by molar-refractivity contribution is 5.93. The third-order valence-electron chi connectivity index (χ3n) is 2.57. The van der Waals surface area contributed by atoms with Gasteiger partial charge in [0, 0.05) is 18.9 Å². The number of ether oxygens (including phenoxy) is 1. The van der Waals surface area contributed by atoms with E-state index in [0.29, 0.717) is 18.7 Å². The number of hydrogen-bond donors (Lipinski definition) is 1. The monoisotopic (exact) mass is 244 g/mol. The molecule has 1 aliphatic heterocycles. The lowest BCUT2D eigenvalue weighted by Gasteiger charge is -2.09. The minimum absolute atomic E-state index is 0.110. The molecule has 1 N–H and O–H groups in total. The molecule has 4 nitrogen and oxygen atoms in total. The van der Waals surface area contributed by atoms with E-state index in [1.54, 1.807) is 24.5 Å². The lowest BCUT2D eigenvalue weighted by atomic mass is 10.2. The van der Waals surface area contributed by atoms with Gasteiger partial charge < -0.3 is 10.1 Å². The van der Waals surface area contributed by atoms with Crippen LogP contribution in [0.3, 0.4) is 0 Å². The SMILES string of the molecule is O=C(NC/C=C/C1=CCCOC1)c1cccnc1. The van der Waals surface area contributed by atoms with Crippen LogP contribution in [0.5, 0.6) is 0 Å². The quantitative estimate of drug-likeness (QED) is 0.877. The van der Waals surface area contributed by atoms with E-state index in [1.165, 1.54) is 0 Å². The Hall–Kier alpha value is -1.94. The molecule has 94 valence electrons. The molecule has 0 atom stereocenters. The van der Waals surface area contributed by atoms with Crippen LogP contribution in [0.25, 0.3) is 0 Å². The highest BCUT2D eigenvalue weighted by Crippen LogP contribution is 2.06. The van der Waals surface area contributed by atoms with Crippen LogP contribution in [0, 0.1) is 0 Å². The molecule has 1 aliphatic rings. The first-order chi connectivity index (χ1) is 8.86. The number of amides is 1. The zero-order chi connectivity index (χ0) is 12.6. The average Bonchev–Trinajstić information content (AvgIpc) is 2.45. The van der Waals surface area contributed by atoms with Crippen molar-refractivity contribution in [3.8, 4) is 0 Å². The van der Waals surface area contributed by atoms with Crippen LogP contribution in [0.15, 0.2) is 48.3 Å². The Morgan fingerprint density at radius 1 is 1.56 bits per heavy atom. The average molecular weight is 244 g/mol. The van der Waals surface area contributed by atoms with Crippen molar-refractivity contribution >= 4 is 5.91 Å². The Bertz CT molecular complexity index is 452. The van der Waals surface area contributed by atoms with Crippen LogP contribution in [-0.2, 0) is 4.74 Å². The van der Waals surface area contributed by atoms with Crippen LogP contribution >= 0.6 is 0 Å². The topological polar surface area (TPSA) is 51.2 Å². The Morgan fingerprint density at radius 2 is 2.50 bits per heavy atom. The van der Waals surface area contributed by atoms with E-state index in [0.717, 1.165) is 18.6 Å². The van der Waals surface area contributed by atoms with Gasteiger partial charge in [0.15, 0.2) is 0 Å². The van der Waals surface area contributed by atoms with Gasteiger partial charge in [-0.15, -0.1) is 0 Å². The fourth-order valence-corrected chi connectivity index (χ4v) is 1.65. The number of carbonyl (C=O) groups excluding carboxylic acids is 1. The predicted octanol–water partition coefficient (Wildman–Crippen LogP) is 1.71. The van der Waals surface area contributed by atoms with E-state index in [2.05, 4.69) is 16.4 Å². The molecule has 0 aromatic carbocycles. The van der Waals surface area contributed by atoms with Crippen molar-refractivity contribution in [2.24, 2.45) is 0 Å². The van der Waals surface area contributed by atoms with Crippen LogP contribution in [-0.4, -0.2) is 30.6 Å². The number of carbonyl (C=O) groups is 1. The summed E-state index contributed by atoms with van der Waals surface area (Å²) in [5.74, 6) is -0.110. The van der Waals surface area contributed by atoms with Crippen molar-refractivity contribution in [1.29, 1.82) is 0 Å². The standard InChI is InChI=1S/C14H16N2O2/c17-14(13-6-2-7-15-10-13)16-8-1-4-12-5-3-9-18-11-12/h1-2,4-7,10H,3,8-9,11H2,(H,16,17)/b4-1+. The van der Waals surface area contributed by atoms with Gasteiger partial charge in [-0.3, -0.25) is 9.78 Å². The van der Waals surface area contributed by atoms with Crippen molar-refractivity contribution in [3.05, 3.63) is 53.9 Å². The summed E-state index contributed by atoms with van der Waals surface area (Å²) in [6.45, 7) is 1.97. The summed E-state index contributed by atoms with van der Waals surface area (Å²) in [4.78, 5) is 15.6. The molecule has 0 saturated carbocycles. The maximum absolute atomic E-state index is 11.7. The molecule has 0 unspecified atom stereocenters. The van der Waals surface area contributed by atoms with Gasteiger partial charge in [-0.2, -0.15) is 0 Å².